The number of aromatic nitrogens is 2. The fraction of sp³-hybridized carbons (Fsp3) is 0.333. The van der Waals surface area contributed by atoms with Crippen molar-refractivity contribution in [1.29, 1.82) is 0 Å². The van der Waals surface area contributed by atoms with Gasteiger partial charge in [-0.2, -0.15) is 0 Å². The number of ether oxygens (including phenoxy) is 2. The van der Waals surface area contributed by atoms with Crippen molar-refractivity contribution >= 4 is 22.9 Å². The lowest BCUT2D eigenvalue weighted by atomic mass is 10.2. The van der Waals surface area contributed by atoms with Gasteiger partial charge < -0.3 is 9.47 Å². The molecule has 0 bridgehead atoms. The molecule has 0 spiro atoms. The van der Waals surface area contributed by atoms with E-state index in [9.17, 15) is 4.79 Å². The lowest BCUT2D eigenvalue weighted by molar-refractivity contribution is -0.117. The van der Waals surface area contributed by atoms with Gasteiger partial charge in [0.05, 0.1) is 36.8 Å². The molecule has 4 rings (SSSR count). The van der Waals surface area contributed by atoms with Crippen molar-refractivity contribution in [1.82, 2.24) is 9.55 Å². The summed E-state index contributed by atoms with van der Waals surface area (Å²) in [7, 11) is 0. The molecule has 0 saturated carbocycles. The molecule has 140 valence electrons. The highest BCUT2D eigenvalue weighted by Gasteiger charge is 2.17. The van der Waals surface area contributed by atoms with Gasteiger partial charge in [0.1, 0.15) is 0 Å². The number of imidazole rings is 1. The van der Waals surface area contributed by atoms with Crippen molar-refractivity contribution in [2.75, 3.05) is 25.1 Å². The smallest absolute Gasteiger partial charge is 0.229 e. The van der Waals surface area contributed by atoms with Crippen LogP contribution in [0.3, 0.4) is 0 Å². The maximum atomic E-state index is 12.4. The van der Waals surface area contributed by atoms with Crippen LogP contribution in [0.1, 0.15) is 19.3 Å². The molecule has 1 fully saturated rings. The third-order valence-electron chi connectivity index (χ3n) is 4.63. The molecule has 27 heavy (non-hydrogen) atoms. The maximum Gasteiger partial charge on any atom is 0.229 e. The third kappa shape index (κ3) is 4.18. The molecule has 0 aliphatic carbocycles. The van der Waals surface area contributed by atoms with E-state index < -0.39 is 0 Å². The van der Waals surface area contributed by atoms with Crippen molar-refractivity contribution in [3.63, 3.8) is 0 Å². The van der Waals surface area contributed by atoms with Gasteiger partial charge in [-0.3, -0.25) is 14.7 Å². The normalized spacial score (nSPS) is 16.7. The minimum atomic E-state index is -0.116. The number of benzene rings is 2. The highest BCUT2D eigenvalue weighted by atomic mass is 16.5. The molecule has 2 aromatic carbocycles. The van der Waals surface area contributed by atoms with Gasteiger partial charge in [0, 0.05) is 12.3 Å². The van der Waals surface area contributed by atoms with Gasteiger partial charge in [0.25, 0.3) is 0 Å². The van der Waals surface area contributed by atoms with E-state index in [1.165, 1.54) is 0 Å². The number of carbonyl (C=O) groups is 1. The van der Waals surface area contributed by atoms with Gasteiger partial charge in [-0.1, -0.05) is 30.3 Å². The Morgan fingerprint density at radius 1 is 1.19 bits per heavy atom. The van der Waals surface area contributed by atoms with Crippen LogP contribution in [0, 0.1) is 0 Å². The molecule has 1 unspecified atom stereocenters. The number of carbonyl (C=O) groups excluding carboxylic acids is 1. The second-order valence-electron chi connectivity index (χ2n) is 6.60. The van der Waals surface area contributed by atoms with Crippen LogP contribution in [0.25, 0.3) is 16.7 Å². The van der Waals surface area contributed by atoms with Gasteiger partial charge in [-0.15, -0.1) is 0 Å². The molecule has 2 heterocycles. The summed E-state index contributed by atoms with van der Waals surface area (Å²) in [6.07, 6.45) is 2.58. The highest BCUT2D eigenvalue weighted by Crippen LogP contribution is 2.24. The average molecular weight is 365 g/mol. The van der Waals surface area contributed by atoms with Crippen molar-refractivity contribution in [3.8, 4) is 5.69 Å². The summed E-state index contributed by atoms with van der Waals surface area (Å²) in [5.74, 6) is 0.404. The number of nitrogens with one attached hydrogen (secondary N) is 1. The van der Waals surface area contributed by atoms with Crippen molar-refractivity contribution in [2.24, 2.45) is 0 Å². The van der Waals surface area contributed by atoms with Gasteiger partial charge in [0.15, 0.2) is 0 Å². The number of hydrogen-bond acceptors (Lipinski definition) is 4. The highest BCUT2D eigenvalue weighted by molar-refractivity contribution is 5.92. The third-order valence-corrected chi connectivity index (χ3v) is 4.63. The Morgan fingerprint density at radius 2 is 2.00 bits per heavy atom. The van der Waals surface area contributed by atoms with E-state index in [1.54, 1.807) is 0 Å². The van der Waals surface area contributed by atoms with Crippen LogP contribution in [0.15, 0.2) is 54.6 Å². The van der Waals surface area contributed by atoms with Crippen LogP contribution in [0.4, 0.5) is 5.95 Å². The Kier molecular flexibility index (Phi) is 5.46. The van der Waals surface area contributed by atoms with E-state index in [1.807, 2.05) is 59.2 Å². The molecule has 0 radical (unpaired) electrons. The molecule has 1 atom stereocenters. The molecule has 1 aliphatic heterocycles. The van der Waals surface area contributed by atoms with E-state index in [0.29, 0.717) is 19.2 Å². The molecule has 3 aromatic rings. The fourth-order valence-electron chi connectivity index (χ4n) is 3.29. The largest absolute Gasteiger partial charge is 0.378 e. The number of rotatable bonds is 7. The molecule has 1 amide bonds. The van der Waals surface area contributed by atoms with Crippen LogP contribution in [0.5, 0.6) is 0 Å². The zero-order valence-electron chi connectivity index (χ0n) is 15.1. The van der Waals surface area contributed by atoms with Crippen molar-refractivity contribution in [2.45, 2.75) is 25.4 Å². The molecule has 1 aromatic heterocycles. The van der Waals surface area contributed by atoms with Gasteiger partial charge >= 0.3 is 0 Å². The Morgan fingerprint density at radius 3 is 2.81 bits per heavy atom. The molecule has 1 N–H and O–H groups in total. The fourth-order valence-corrected chi connectivity index (χ4v) is 3.29. The number of anilines is 1. The summed E-state index contributed by atoms with van der Waals surface area (Å²) >= 11 is 0. The van der Waals surface area contributed by atoms with E-state index in [-0.39, 0.29) is 18.4 Å². The monoisotopic (exact) mass is 365 g/mol. The van der Waals surface area contributed by atoms with E-state index in [0.717, 1.165) is 36.2 Å². The number of nitrogens with zero attached hydrogens (tertiary/aromatic N) is 2. The zero-order chi connectivity index (χ0) is 18.5. The van der Waals surface area contributed by atoms with Crippen molar-refractivity contribution in [3.05, 3.63) is 54.6 Å². The van der Waals surface area contributed by atoms with Crippen LogP contribution >= 0.6 is 0 Å². The topological polar surface area (TPSA) is 65.4 Å². The summed E-state index contributed by atoms with van der Waals surface area (Å²) in [5, 5.41) is 2.93. The zero-order valence-corrected chi connectivity index (χ0v) is 15.1. The number of amides is 1. The first-order valence-corrected chi connectivity index (χ1v) is 9.33. The quantitative estimate of drug-likeness (QED) is 0.650. The Labute approximate surface area is 158 Å². The first-order valence-electron chi connectivity index (χ1n) is 9.33. The number of para-hydroxylation sites is 3. The first kappa shape index (κ1) is 17.7. The van der Waals surface area contributed by atoms with Crippen LogP contribution in [-0.2, 0) is 14.3 Å². The summed E-state index contributed by atoms with van der Waals surface area (Å²) in [5.41, 5.74) is 2.75. The number of fused-ring (bicyclic) bond motifs is 1. The van der Waals surface area contributed by atoms with Crippen LogP contribution in [-0.4, -0.2) is 41.4 Å². The van der Waals surface area contributed by atoms with Crippen molar-refractivity contribution < 1.29 is 14.3 Å². The Hall–Kier alpha value is -2.70. The van der Waals surface area contributed by atoms with Gasteiger partial charge in [-0.25, -0.2) is 4.98 Å². The first-order chi connectivity index (χ1) is 13.3. The summed E-state index contributed by atoms with van der Waals surface area (Å²) in [6, 6.07) is 17.7. The summed E-state index contributed by atoms with van der Waals surface area (Å²) in [4.78, 5) is 17.0. The molecular weight excluding hydrogens is 342 g/mol. The molecule has 6 nitrogen and oxygen atoms in total. The summed E-state index contributed by atoms with van der Waals surface area (Å²) < 4.78 is 13.1. The molecule has 6 heteroatoms. The van der Waals surface area contributed by atoms with Crippen LogP contribution < -0.4 is 5.32 Å². The summed E-state index contributed by atoms with van der Waals surface area (Å²) in [6.45, 7) is 1.73. The molecular formula is C21H23N3O3. The Balaban J connectivity index is 1.44. The van der Waals surface area contributed by atoms with Crippen LogP contribution in [0.2, 0.25) is 0 Å². The Bertz CT molecular complexity index is 901. The lowest BCUT2D eigenvalue weighted by Crippen LogP contribution is -2.19. The van der Waals surface area contributed by atoms with E-state index in [4.69, 9.17) is 9.47 Å². The molecule has 1 aliphatic rings. The minimum Gasteiger partial charge on any atom is -0.378 e. The second kappa shape index (κ2) is 8.33. The van der Waals surface area contributed by atoms with E-state index >= 15 is 0 Å². The van der Waals surface area contributed by atoms with E-state index in [2.05, 4.69) is 10.3 Å². The standard InChI is InChI=1S/C21H23N3O3/c25-20(12-14-26-15-17-9-6-13-27-17)23-21-22-18-10-4-5-11-19(18)24(21)16-7-2-1-3-8-16/h1-5,7-8,10-11,17H,6,9,12-15H2,(H,22,23,25). The SMILES string of the molecule is O=C(CCOCC1CCCO1)Nc1nc2ccccc2n1-c1ccccc1. The van der Waals surface area contributed by atoms with Gasteiger partial charge in [-0.05, 0) is 37.1 Å². The number of hydrogen-bond donors (Lipinski definition) is 1. The second-order valence-corrected chi connectivity index (χ2v) is 6.60. The predicted molar refractivity (Wildman–Crippen MR) is 104 cm³/mol. The lowest BCUT2D eigenvalue weighted by Gasteiger charge is -2.11. The van der Waals surface area contributed by atoms with Gasteiger partial charge in [0.2, 0.25) is 11.9 Å². The molecule has 1 saturated heterocycles. The maximum absolute atomic E-state index is 12.4. The minimum absolute atomic E-state index is 0.116. The average Bonchev–Trinajstić information content (AvgIpc) is 3.33. The predicted octanol–water partition coefficient (Wildman–Crippen LogP) is 3.55.